The average Bonchev–Trinajstić information content (AvgIpc) is 2.91. The Hall–Kier alpha value is -4.36. The van der Waals surface area contributed by atoms with Crippen molar-refractivity contribution in [3.63, 3.8) is 0 Å². The van der Waals surface area contributed by atoms with E-state index in [9.17, 15) is 0 Å². The van der Waals surface area contributed by atoms with Gasteiger partial charge in [-0.2, -0.15) is 0 Å². The number of benzene rings is 5. The number of para-hydroxylation sites is 1. The Morgan fingerprint density at radius 3 is 1.59 bits per heavy atom. The van der Waals surface area contributed by atoms with Gasteiger partial charge in [-0.1, -0.05) is 109 Å². The molecule has 34 heavy (non-hydrogen) atoms. The summed E-state index contributed by atoms with van der Waals surface area (Å²) in [6, 6.07) is 47.0. The molecule has 0 aliphatic heterocycles. The molecule has 1 heteroatoms. The van der Waals surface area contributed by atoms with Gasteiger partial charge in [0, 0.05) is 17.1 Å². The zero-order valence-corrected chi connectivity index (χ0v) is 19.3. The molecule has 0 N–H and O–H groups in total. The Kier molecular flexibility index (Phi) is 6.36. The normalized spacial score (nSPS) is 11.0. The average molecular weight is 438 g/mol. The van der Waals surface area contributed by atoms with Gasteiger partial charge in [-0.05, 0) is 71.1 Å². The van der Waals surface area contributed by atoms with Crippen LogP contribution < -0.4 is 4.90 Å². The van der Waals surface area contributed by atoms with Gasteiger partial charge in [0.15, 0.2) is 0 Å². The van der Waals surface area contributed by atoms with E-state index in [1.54, 1.807) is 0 Å². The summed E-state index contributed by atoms with van der Waals surface area (Å²) >= 11 is 0. The summed E-state index contributed by atoms with van der Waals surface area (Å²) in [6.07, 6.45) is 4.36. The van der Waals surface area contributed by atoms with Crippen molar-refractivity contribution < 1.29 is 0 Å². The van der Waals surface area contributed by atoms with Crippen LogP contribution in [0.2, 0.25) is 0 Å². The number of anilines is 3. The van der Waals surface area contributed by atoms with E-state index in [0.717, 1.165) is 17.1 Å². The second-order valence-electron chi connectivity index (χ2n) is 8.37. The number of aryl methyl sites for hydroxylation is 1. The smallest absolute Gasteiger partial charge is 0.0462 e. The van der Waals surface area contributed by atoms with E-state index in [1.807, 2.05) is 0 Å². The van der Waals surface area contributed by atoms with E-state index in [4.69, 9.17) is 0 Å². The van der Waals surface area contributed by atoms with Crippen LogP contribution in [0.5, 0.6) is 0 Å². The maximum Gasteiger partial charge on any atom is 0.0462 e. The molecule has 1 nitrogen and oxygen atoms in total. The fraction of sp³-hybridized carbons (Fsp3) is 0.0303. The van der Waals surface area contributed by atoms with Crippen LogP contribution in [0.4, 0.5) is 17.1 Å². The second kappa shape index (κ2) is 10.1. The van der Waals surface area contributed by atoms with Gasteiger partial charge < -0.3 is 4.90 Å². The number of rotatable bonds is 6. The lowest BCUT2D eigenvalue weighted by Crippen LogP contribution is -2.09. The van der Waals surface area contributed by atoms with Gasteiger partial charge >= 0.3 is 0 Å². The summed E-state index contributed by atoms with van der Waals surface area (Å²) in [5, 5.41) is 0. The quantitative estimate of drug-likeness (QED) is 0.239. The van der Waals surface area contributed by atoms with Crippen LogP contribution in [-0.4, -0.2) is 0 Å². The molecule has 0 aromatic heterocycles. The van der Waals surface area contributed by atoms with Gasteiger partial charge in [-0.25, -0.2) is 0 Å². The largest absolute Gasteiger partial charge is 0.311 e. The minimum Gasteiger partial charge on any atom is -0.311 e. The highest BCUT2D eigenvalue weighted by Gasteiger charge is 2.12. The Bertz CT molecular complexity index is 1370. The highest BCUT2D eigenvalue weighted by Crippen LogP contribution is 2.35. The summed E-state index contributed by atoms with van der Waals surface area (Å²) in [5.74, 6) is 0. The molecule has 0 saturated heterocycles. The van der Waals surface area contributed by atoms with Gasteiger partial charge in [-0.3, -0.25) is 0 Å². The SMILES string of the molecule is Cc1ccccc1C=Cc1ccc(N(c2ccccc2)c2ccc(-c3ccccc3)cc2)cc1. The monoisotopic (exact) mass is 437 g/mol. The zero-order chi connectivity index (χ0) is 23.2. The van der Waals surface area contributed by atoms with Crippen molar-refractivity contribution in [2.24, 2.45) is 0 Å². The van der Waals surface area contributed by atoms with Crippen molar-refractivity contribution in [3.8, 4) is 11.1 Å². The first-order valence-corrected chi connectivity index (χ1v) is 11.6. The molecule has 5 rings (SSSR count). The van der Waals surface area contributed by atoms with Gasteiger partial charge in [0.1, 0.15) is 0 Å². The van der Waals surface area contributed by atoms with E-state index < -0.39 is 0 Å². The first-order valence-electron chi connectivity index (χ1n) is 11.6. The van der Waals surface area contributed by atoms with Crippen molar-refractivity contribution in [3.05, 3.63) is 150 Å². The predicted octanol–water partition coefficient (Wildman–Crippen LogP) is 9.30. The van der Waals surface area contributed by atoms with E-state index in [0.29, 0.717) is 0 Å². The highest BCUT2D eigenvalue weighted by molar-refractivity contribution is 5.79. The highest BCUT2D eigenvalue weighted by atomic mass is 15.1. The Balaban J connectivity index is 1.45. The number of nitrogens with zero attached hydrogens (tertiary/aromatic N) is 1. The minimum absolute atomic E-state index is 1.13. The molecule has 0 saturated carbocycles. The van der Waals surface area contributed by atoms with Crippen LogP contribution in [0.15, 0.2) is 133 Å². The summed E-state index contributed by atoms with van der Waals surface area (Å²) in [6.45, 7) is 2.14. The molecule has 164 valence electrons. The first kappa shape index (κ1) is 21.5. The van der Waals surface area contributed by atoms with Crippen molar-refractivity contribution in [1.29, 1.82) is 0 Å². The van der Waals surface area contributed by atoms with Crippen LogP contribution in [0.1, 0.15) is 16.7 Å². The van der Waals surface area contributed by atoms with E-state index in [2.05, 4.69) is 157 Å². The third-order valence-electron chi connectivity index (χ3n) is 6.04. The third kappa shape index (κ3) is 4.84. The predicted molar refractivity (Wildman–Crippen MR) is 147 cm³/mol. The molecule has 0 bridgehead atoms. The van der Waals surface area contributed by atoms with Gasteiger partial charge in [-0.15, -0.1) is 0 Å². The molecule has 0 radical (unpaired) electrons. The summed E-state index contributed by atoms with van der Waals surface area (Å²) in [5.41, 5.74) is 9.55. The maximum absolute atomic E-state index is 2.30. The van der Waals surface area contributed by atoms with Crippen LogP contribution in [-0.2, 0) is 0 Å². The summed E-state index contributed by atoms with van der Waals surface area (Å²) < 4.78 is 0. The molecule has 0 atom stereocenters. The lowest BCUT2D eigenvalue weighted by Gasteiger charge is -2.25. The summed E-state index contributed by atoms with van der Waals surface area (Å²) in [7, 11) is 0. The van der Waals surface area contributed by atoms with E-state index in [-0.39, 0.29) is 0 Å². The Labute approximate surface area is 202 Å². The van der Waals surface area contributed by atoms with Crippen LogP contribution >= 0.6 is 0 Å². The molecule has 5 aromatic rings. The molecular weight excluding hydrogens is 410 g/mol. The Morgan fingerprint density at radius 1 is 0.441 bits per heavy atom. The number of hydrogen-bond acceptors (Lipinski definition) is 1. The van der Waals surface area contributed by atoms with Gasteiger partial charge in [0.2, 0.25) is 0 Å². The molecule has 0 unspecified atom stereocenters. The fourth-order valence-electron chi connectivity index (χ4n) is 4.15. The molecule has 0 spiro atoms. The fourth-order valence-corrected chi connectivity index (χ4v) is 4.15. The molecule has 0 amide bonds. The maximum atomic E-state index is 2.30. The third-order valence-corrected chi connectivity index (χ3v) is 6.04. The van der Waals surface area contributed by atoms with Gasteiger partial charge in [0.25, 0.3) is 0 Å². The topological polar surface area (TPSA) is 3.24 Å². The van der Waals surface area contributed by atoms with Crippen LogP contribution in [0.3, 0.4) is 0 Å². The molecule has 0 aliphatic carbocycles. The van der Waals surface area contributed by atoms with Crippen molar-refractivity contribution in [2.45, 2.75) is 6.92 Å². The first-order chi connectivity index (χ1) is 16.8. The lowest BCUT2D eigenvalue weighted by molar-refractivity contribution is 1.28. The Morgan fingerprint density at radius 2 is 0.941 bits per heavy atom. The number of hydrogen-bond donors (Lipinski definition) is 0. The second-order valence-corrected chi connectivity index (χ2v) is 8.37. The molecular formula is C33H27N. The van der Waals surface area contributed by atoms with Crippen molar-refractivity contribution in [1.82, 2.24) is 0 Å². The van der Waals surface area contributed by atoms with Crippen LogP contribution in [0, 0.1) is 6.92 Å². The van der Waals surface area contributed by atoms with Crippen molar-refractivity contribution >= 4 is 29.2 Å². The van der Waals surface area contributed by atoms with E-state index >= 15 is 0 Å². The zero-order valence-electron chi connectivity index (χ0n) is 19.3. The van der Waals surface area contributed by atoms with E-state index in [1.165, 1.54) is 27.8 Å². The lowest BCUT2D eigenvalue weighted by atomic mass is 10.0. The molecule has 0 fully saturated rings. The molecule has 0 heterocycles. The van der Waals surface area contributed by atoms with Gasteiger partial charge in [0.05, 0.1) is 0 Å². The standard InChI is InChI=1S/C33H27N/c1-26-10-8-9-11-28(26)19-16-27-17-22-32(23-18-27)34(31-14-6-3-7-15-31)33-24-20-30(21-25-33)29-12-4-2-5-13-29/h2-25H,1H3. The summed E-state index contributed by atoms with van der Waals surface area (Å²) in [4.78, 5) is 2.30. The molecule has 0 aliphatic rings. The van der Waals surface area contributed by atoms with Crippen LogP contribution in [0.25, 0.3) is 23.3 Å². The van der Waals surface area contributed by atoms with Crippen molar-refractivity contribution in [2.75, 3.05) is 4.90 Å². The minimum atomic E-state index is 1.13. The molecule has 5 aromatic carbocycles.